The van der Waals surface area contributed by atoms with E-state index < -0.39 is 0 Å². The van der Waals surface area contributed by atoms with Gasteiger partial charge in [-0.05, 0) is 24.0 Å². The second kappa shape index (κ2) is 7.77. The summed E-state index contributed by atoms with van der Waals surface area (Å²) in [6.45, 7) is 2.69. The summed E-state index contributed by atoms with van der Waals surface area (Å²) >= 11 is 6.48. The summed E-state index contributed by atoms with van der Waals surface area (Å²) in [5, 5.41) is 0.0781. The fraction of sp³-hybridized carbons (Fsp3) is 0.368. The van der Waals surface area contributed by atoms with Gasteiger partial charge < -0.3 is 4.74 Å². The smallest absolute Gasteiger partial charge is 0.0995 e. The SMILES string of the molecule is ClC(CCN1COC(Cc2ccccc2)C1)c1ccccc1. The third kappa shape index (κ3) is 4.33. The Morgan fingerprint density at radius 3 is 2.45 bits per heavy atom. The molecule has 0 bridgehead atoms. The number of rotatable bonds is 6. The molecule has 0 radical (unpaired) electrons. The molecule has 116 valence electrons. The number of alkyl halides is 1. The number of hydrogen-bond donors (Lipinski definition) is 0. The lowest BCUT2D eigenvalue weighted by molar-refractivity contribution is 0.0895. The van der Waals surface area contributed by atoms with Gasteiger partial charge in [-0.2, -0.15) is 0 Å². The lowest BCUT2D eigenvalue weighted by Gasteiger charge is -2.16. The Balaban J connectivity index is 1.43. The zero-order chi connectivity index (χ0) is 15.2. The van der Waals surface area contributed by atoms with Crippen LogP contribution in [0.2, 0.25) is 0 Å². The minimum absolute atomic E-state index is 0.0781. The Labute approximate surface area is 137 Å². The van der Waals surface area contributed by atoms with Crippen molar-refractivity contribution in [2.45, 2.75) is 24.3 Å². The topological polar surface area (TPSA) is 12.5 Å². The number of hydrogen-bond acceptors (Lipinski definition) is 2. The zero-order valence-electron chi connectivity index (χ0n) is 12.7. The van der Waals surface area contributed by atoms with E-state index in [1.165, 1.54) is 11.1 Å². The molecule has 1 aliphatic heterocycles. The largest absolute Gasteiger partial charge is 0.361 e. The molecule has 2 atom stereocenters. The molecule has 0 N–H and O–H groups in total. The van der Waals surface area contributed by atoms with Crippen LogP contribution in [0, 0.1) is 0 Å². The van der Waals surface area contributed by atoms with E-state index in [0.717, 1.165) is 32.7 Å². The molecule has 1 heterocycles. The molecule has 2 aromatic rings. The first kappa shape index (κ1) is 15.5. The van der Waals surface area contributed by atoms with Gasteiger partial charge in [-0.1, -0.05) is 60.7 Å². The Morgan fingerprint density at radius 2 is 1.73 bits per heavy atom. The lowest BCUT2D eigenvalue weighted by Crippen LogP contribution is -2.24. The summed E-state index contributed by atoms with van der Waals surface area (Å²) in [6, 6.07) is 20.8. The number of ether oxygens (including phenoxy) is 1. The zero-order valence-corrected chi connectivity index (χ0v) is 13.5. The summed E-state index contributed by atoms with van der Waals surface area (Å²) in [4.78, 5) is 2.35. The highest BCUT2D eigenvalue weighted by Gasteiger charge is 2.23. The van der Waals surface area contributed by atoms with Crippen molar-refractivity contribution in [1.29, 1.82) is 0 Å². The summed E-state index contributed by atoms with van der Waals surface area (Å²) in [5.41, 5.74) is 2.54. The second-order valence-electron chi connectivity index (χ2n) is 5.85. The van der Waals surface area contributed by atoms with Crippen LogP contribution in [-0.4, -0.2) is 30.8 Å². The van der Waals surface area contributed by atoms with E-state index >= 15 is 0 Å². The average Bonchev–Trinajstić information content (AvgIpc) is 3.02. The van der Waals surface area contributed by atoms with Crippen LogP contribution in [-0.2, 0) is 11.2 Å². The van der Waals surface area contributed by atoms with E-state index in [9.17, 15) is 0 Å². The van der Waals surface area contributed by atoms with Crippen LogP contribution in [0.1, 0.15) is 22.9 Å². The maximum atomic E-state index is 6.48. The van der Waals surface area contributed by atoms with Crippen LogP contribution in [0.25, 0.3) is 0 Å². The Bertz CT molecular complexity index is 560. The van der Waals surface area contributed by atoms with E-state index in [2.05, 4.69) is 47.4 Å². The van der Waals surface area contributed by atoms with Crippen molar-refractivity contribution in [2.75, 3.05) is 19.8 Å². The van der Waals surface area contributed by atoms with Crippen molar-refractivity contribution in [3.8, 4) is 0 Å². The summed E-state index contributed by atoms with van der Waals surface area (Å²) in [6.07, 6.45) is 2.24. The predicted molar refractivity (Wildman–Crippen MR) is 91.1 cm³/mol. The van der Waals surface area contributed by atoms with E-state index in [1.54, 1.807) is 0 Å². The molecule has 22 heavy (non-hydrogen) atoms. The molecule has 0 spiro atoms. The standard InChI is InChI=1S/C19H22ClNO/c20-19(17-9-5-2-6-10-17)11-12-21-14-18(22-15-21)13-16-7-3-1-4-8-16/h1-10,18-19H,11-15H2. The number of benzene rings is 2. The van der Waals surface area contributed by atoms with E-state index in [-0.39, 0.29) is 5.38 Å². The van der Waals surface area contributed by atoms with Crippen molar-refractivity contribution in [1.82, 2.24) is 4.90 Å². The Morgan fingerprint density at radius 1 is 1.05 bits per heavy atom. The average molecular weight is 316 g/mol. The molecule has 2 aromatic carbocycles. The van der Waals surface area contributed by atoms with Crippen molar-refractivity contribution >= 4 is 11.6 Å². The van der Waals surface area contributed by atoms with Crippen LogP contribution in [0.5, 0.6) is 0 Å². The fourth-order valence-electron chi connectivity index (χ4n) is 2.88. The molecule has 1 saturated heterocycles. The van der Waals surface area contributed by atoms with Gasteiger partial charge in [-0.3, -0.25) is 4.90 Å². The molecular formula is C19H22ClNO. The second-order valence-corrected chi connectivity index (χ2v) is 6.38. The van der Waals surface area contributed by atoms with Gasteiger partial charge in [-0.25, -0.2) is 0 Å². The predicted octanol–water partition coefficient (Wildman–Crippen LogP) is 4.26. The first-order chi connectivity index (χ1) is 10.8. The highest BCUT2D eigenvalue weighted by atomic mass is 35.5. The summed E-state index contributed by atoms with van der Waals surface area (Å²) < 4.78 is 5.89. The molecule has 3 rings (SSSR count). The van der Waals surface area contributed by atoms with E-state index in [0.29, 0.717) is 6.10 Å². The van der Waals surface area contributed by atoms with Crippen LogP contribution < -0.4 is 0 Å². The van der Waals surface area contributed by atoms with Crippen LogP contribution in [0.15, 0.2) is 60.7 Å². The molecule has 0 amide bonds. The monoisotopic (exact) mass is 315 g/mol. The highest BCUT2D eigenvalue weighted by Crippen LogP contribution is 2.25. The minimum Gasteiger partial charge on any atom is -0.361 e. The maximum absolute atomic E-state index is 6.48. The fourth-order valence-corrected chi connectivity index (χ4v) is 3.13. The molecule has 1 aliphatic rings. The normalized spacial score (nSPS) is 20.1. The van der Waals surface area contributed by atoms with Gasteiger partial charge in [0, 0.05) is 13.1 Å². The van der Waals surface area contributed by atoms with Crippen molar-refractivity contribution < 1.29 is 4.74 Å². The van der Waals surface area contributed by atoms with Gasteiger partial charge in [-0.15, -0.1) is 11.6 Å². The highest BCUT2D eigenvalue weighted by molar-refractivity contribution is 6.20. The van der Waals surface area contributed by atoms with Gasteiger partial charge in [0.15, 0.2) is 0 Å². The van der Waals surface area contributed by atoms with Gasteiger partial charge in [0.05, 0.1) is 18.2 Å². The van der Waals surface area contributed by atoms with Gasteiger partial charge in [0.25, 0.3) is 0 Å². The van der Waals surface area contributed by atoms with Crippen molar-refractivity contribution in [3.63, 3.8) is 0 Å². The molecule has 0 aliphatic carbocycles. The van der Waals surface area contributed by atoms with Crippen molar-refractivity contribution in [3.05, 3.63) is 71.8 Å². The molecule has 2 nitrogen and oxygen atoms in total. The van der Waals surface area contributed by atoms with Crippen LogP contribution in [0.3, 0.4) is 0 Å². The Hall–Kier alpha value is -1.35. The molecular weight excluding hydrogens is 294 g/mol. The minimum atomic E-state index is 0.0781. The third-order valence-corrected chi connectivity index (χ3v) is 4.59. The number of halogens is 1. The summed E-state index contributed by atoms with van der Waals surface area (Å²) in [7, 11) is 0. The quantitative estimate of drug-likeness (QED) is 0.739. The molecule has 0 aromatic heterocycles. The third-order valence-electron chi connectivity index (χ3n) is 4.12. The van der Waals surface area contributed by atoms with Gasteiger partial charge >= 0.3 is 0 Å². The van der Waals surface area contributed by atoms with Crippen LogP contribution in [0.4, 0.5) is 0 Å². The number of nitrogens with zero attached hydrogens (tertiary/aromatic N) is 1. The van der Waals surface area contributed by atoms with Gasteiger partial charge in [0.1, 0.15) is 0 Å². The van der Waals surface area contributed by atoms with Crippen molar-refractivity contribution in [2.24, 2.45) is 0 Å². The Kier molecular flexibility index (Phi) is 5.49. The lowest BCUT2D eigenvalue weighted by atomic mass is 10.1. The molecule has 1 fully saturated rings. The maximum Gasteiger partial charge on any atom is 0.0995 e. The molecule has 0 saturated carbocycles. The van der Waals surface area contributed by atoms with Gasteiger partial charge in [0.2, 0.25) is 0 Å². The van der Waals surface area contributed by atoms with Crippen LogP contribution >= 0.6 is 11.6 Å². The summed E-state index contributed by atoms with van der Waals surface area (Å²) in [5.74, 6) is 0. The molecule has 3 heteroatoms. The molecule has 2 unspecified atom stereocenters. The van der Waals surface area contributed by atoms with E-state index in [4.69, 9.17) is 16.3 Å². The van der Waals surface area contributed by atoms with E-state index in [1.807, 2.05) is 18.2 Å². The first-order valence-corrected chi connectivity index (χ1v) is 8.32. The first-order valence-electron chi connectivity index (χ1n) is 7.88.